The molecule has 3 heterocycles. The van der Waals surface area contributed by atoms with Gasteiger partial charge in [0.15, 0.2) is 0 Å². The molecule has 4 rings (SSSR count). The van der Waals surface area contributed by atoms with Gasteiger partial charge in [-0.1, -0.05) is 0 Å². The van der Waals surface area contributed by atoms with Crippen LogP contribution in [0.1, 0.15) is 34.2 Å². The van der Waals surface area contributed by atoms with Gasteiger partial charge < -0.3 is 15.5 Å². The molecule has 0 saturated heterocycles. The van der Waals surface area contributed by atoms with Crippen molar-refractivity contribution in [2.75, 3.05) is 25.5 Å². The van der Waals surface area contributed by atoms with E-state index in [-0.39, 0.29) is 42.6 Å². The molecule has 2 aromatic rings. The first-order chi connectivity index (χ1) is 16.7. The Morgan fingerprint density at radius 2 is 2.17 bits per heavy atom. The molecular weight excluding hydrogens is 467 g/mol. The van der Waals surface area contributed by atoms with E-state index >= 15 is 0 Å². The first-order valence-electron chi connectivity index (χ1n) is 11.0. The fourth-order valence-electron chi connectivity index (χ4n) is 4.22. The number of aromatic nitrogens is 2. The van der Waals surface area contributed by atoms with Gasteiger partial charge >= 0.3 is 6.03 Å². The quantitative estimate of drug-likeness (QED) is 0.662. The summed E-state index contributed by atoms with van der Waals surface area (Å²) in [5.74, 6) is -1.14. The van der Waals surface area contributed by atoms with Gasteiger partial charge in [0, 0.05) is 37.3 Å². The molecule has 0 radical (unpaired) electrons. The van der Waals surface area contributed by atoms with Gasteiger partial charge in [0.1, 0.15) is 23.7 Å². The van der Waals surface area contributed by atoms with Gasteiger partial charge in [0.25, 0.3) is 12.3 Å². The summed E-state index contributed by atoms with van der Waals surface area (Å²) in [6.07, 6.45) is -2.72. The van der Waals surface area contributed by atoms with Gasteiger partial charge in [-0.15, -0.1) is 0 Å². The second-order valence-electron chi connectivity index (χ2n) is 8.45. The van der Waals surface area contributed by atoms with E-state index in [2.05, 4.69) is 15.7 Å². The molecular formula is C22H24F3N7O3. The molecule has 1 aromatic carbocycles. The zero-order chi connectivity index (χ0) is 25.3. The molecule has 10 nitrogen and oxygen atoms in total. The number of alkyl halides is 2. The van der Waals surface area contributed by atoms with E-state index in [4.69, 9.17) is 10.1 Å². The topological polar surface area (TPSA) is 116 Å². The summed E-state index contributed by atoms with van der Waals surface area (Å²) in [6, 6.07) is 4.71. The molecule has 2 N–H and O–H groups in total. The molecule has 0 saturated carbocycles. The van der Waals surface area contributed by atoms with Crippen molar-refractivity contribution >= 4 is 17.6 Å². The zero-order valence-corrected chi connectivity index (χ0v) is 19.1. The monoisotopic (exact) mass is 491 g/mol. The molecule has 0 aliphatic carbocycles. The second kappa shape index (κ2) is 9.93. The predicted octanol–water partition coefficient (Wildman–Crippen LogP) is 2.11. The lowest BCUT2D eigenvalue weighted by atomic mass is 9.99. The number of fused-ring (bicyclic) bond motifs is 3. The molecule has 3 amide bonds. The van der Waals surface area contributed by atoms with Crippen LogP contribution in [0.25, 0.3) is 0 Å². The van der Waals surface area contributed by atoms with E-state index < -0.39 is 36.8 Å². The summed E-state index contributed by atoms with van der Waals surface area (Å²) < 4.78 is 40.1. The van der Waals surface area contributed by atoms with Crippen molar-refractivity contribution in [2.45, 2.75) is 45.0 Å². The Bertz CT molecular complexity index is 1180. The van der Waals surface area contributed by atoms with Crippen LogP contribution in [0.5, 0.6) is 0 Å². The number of hydroxylamine groups is 2. The number of urea groups is 1. The average Bonchev–Trinajstić information content (AvgIpc) is 3.09. The molecule has 0 spiro atoms. The minimum atomic E-state index is -2.51. The highest BCUT2D eigenvalue weighted by molar-refractivity contribution is 5.94. The number of carbonyl (C=O) groups is 2. The Kier molecular flexibility index (Phi) is 6.95. The normalized spacial score (nSPS) is 19.7. The van der Waals surface area contributed by atoms with Crippen LogP contribution in [0.3, 0.4) is 0 Å². The zero-order valence-electron chi connectivity index (χ0n) is 19.1. The molecule has 1 aromatic heterocycles. The van der Waals surface area contributed by atoms with Gasteiger partial charge in [-0.25, -0.2) is 23.0 Å². The van der Waals surface area contributed by atoms with Gasteiger partial charge in [-0.2, -0.15) is 10.4 Å². The lowest BCUT2D eigenvalue weighted by molar-refractivity contribution is -0.146. The summed E-state index contributed by atoms with van der Waals surface area (Å²) in [5.41, 5.74) is 1.61. The van der Waals surface area contributed by atoms with Crippen molar-refractivity contribution in [3.63, 3.8) is 0 Å². The average molecular weight is 491 g/mol. The maximum Gasteiger partial charge on any atom is 0.322 e. The van der Waals surface area contributed by atoms with Crippen molar-refractivity contribution in [3.05, 3.63) is 46.5 Å². The van der Waals surface area contributed by atoms with Crippen LogP contribution in [-0.4, -0.2) is 70.4 Å². The third kappa shape index (κ3) is 5.08. The van der Waals surface area contributed by atoms with E-state index in [1.807, 2.05) is 6.92 Å². The van der Waals surface area contributed by atoms with Crippen molar-refractivity contribution in [1.82, 2.24) is 25.1 Å². The highest BCUT2D eigenvalue weighted by atomic mass is 19.3. The Morgan fingerprint density at radius 3 is 2.89 bits per heavy atom. The molecule has 2 unspecified atom stereocenters. The van der Waals surface area contributed by atoms with Crippen molar-refractivity contribution in [2.24, 2.45) is 0 Å². The number of carbonyl (C=O) groups excluding carboxylic acids is 2. The van der Waals surface area contributed by atoms with E-state index in [1.165, 1.54) is 28.8 Å². The molecule has 2 aliphatic rings. The largest absolute Gasteiger partial charge is 0.322 e. The number of nitrogens with one attached hydrogen (secondary N) is 2. The van der Waals surface area contributed by atoms with Gasteiger partial charge in [-0.05, 0) is 25.1 Å². The van der Waals surface area contributed by atoms with Crippen LogP contribution < -0.4 is 10.6 Å². The van der Waals surface area contributed by atoms with E-state index in [1.54, 1.807) is 6.07 Å². The van der Waals surface area contributed by atoms with Crippen LogP contribution in [0, 0.1) is 17.1 Å². The van der Waals surface area contributed by atoms with E-state index in [9.17, 15) is 22.8 Å². The maximum atomic E-state index is 13.6. The molecule has 2 atom stereocenters. The highest BCUT2D eigenvalue weighted by Gasteiger charge is 2.37. The number of hydrogen-bond donors (Lipinski definition) is 2. The minimum Gasteiger partial charge on any atom is -0.317 e. The second-order valence-corrected chi connectivity index (χ2v) is 8.45. The third-order valence-corrected chi connectivity index (χ3v) is 5.92. The number of hydrogen-bond acceptors (Lipinski definition) is 6. The van der Waals surface area contributed by atoms with E-state index in [0.717, 1.165) is 11.1 Å². The van der Waals surface area contributed by atoms with Crippen molar-refractivity contribution < 1.29 is 27.6 Å². The molecule has 35 heavy (non-hydrogen) atoms. The highest BCUT2D eigenvalue weighted by Crippen LogP contribution is 2.29. The van der Waals surface area contributed by atoms with Crippen LogP contribution in [0.2, 0.25) is 0 Å². The maximum absolute atomic E-state index is 13.6. The smallest absolute Gasteiger partial charge is 0.317 e. The fourth-order valence-corrected chi connectivity index (χ4v) is 4.22. The van der Waals surface area contributed by atoms with Gasteiger partial charge in [-0.3, -0.25) is 14.3 Å². The summed E-state index contributed by atoms with van der Waals surface area (Å²) in [6.45, 7) is 1.71. The summed E-state index contributed by atoms with van der Waals surface area (Å²) in [7, 11) is 1.44. The van der Waals surface area contributed by atoms with Crippen molar-refractivity contribution in [3.8, 4) is 6.07 Å². The summed E-state index contributed by atoms with van der Waals surface area (Å²) in [5, 5.41) is 19.9. The fraction of sp³-hybridized carbons (Fsp3) is 0.455. The number of nitrogens with zero attached hydrogens (tertiary/aromatic N) is 5. The first-order valence-corrected chi connectivity index (χ1v) is 11.0. The lowest BCUT2D eigenvalue weighted by Crippen LogP contribution is -2.45. The van der Waals surface area contributed by atoms with E-state index in [0.29, 0.717) is 17.7 Å². The number of rotatable bonds is 5. The molecule has 2 aliphatic heterocycles. The molecule has 0 fully saturated rings. The number of anilines is 1. The van der Waals surface area contributed by atoms with Crippen LogP contribution in [-0.2, 0) is 24.3 Å². The Labute approximate surface area is 199 Å². The number of amides is 3. The first kappa shape index (κ1) is 24.5. The lowest BCUT2D eigenvalue weighted by Gasteiger charge is -2.33. The molecule has 186 valence electrons. The van der Waals surface area contributed by atoms with Crippen LogP contribution >= 0.6 is 0 Å². The van der Waals surface area contributed by atoms with Gasteiger partial charge in [0.05, 0.1) is 30.9 Å². The summed E-state index contributed by atoms with van der Waals surface area (Å²) >= 11 is 0. The summed E-state index contributed by atoms with van der Waals surface area (Å²) in [4.78, 5) is 33.2. The predicted molar refractivity (Wildman–Crippen MR) is 117 cm³/mol. The Balaban J connectivity index is 1.55. The Morgan fingerprint density at radius 1 is 1.40 bits per heavy atom. The molecule has 0 bridgehead atoms. The minimum absolute atomic E-state index is 0.0951. The number of nitriles is 1. The third-order valence-electron chi connectivity index (χ3n) is 5.92. The number of benzene rings is 1. The van der Waals surface area contributed by atoms with Crippen LogP contribution in [0.4, 0.5) is 23.7 Å². The number of halogens is 3. The molecule has 13 heteroatoms. The SMILES string of the molecule is CC1Cc2nn3c(c2CN1C(=O)Nc1ccc(F)c(C#N)c1)C(=O)N(C)OC(CNCC(F)F)C3. The van der Waals surface area contributed by atoms with Gasteiger partial charge in [0.2, 0.25) is 0 Å². The Hall–Kier alpha value is -3.63. The van der Waals surface area contributed by atoms with Crippen LogP contribution in [0.15, 0.2) is 18.2 Å². The van der Waals surface area contributed by atoms with Crippen molar-refractivity contribution in [1.29, 1.82) is 5.26 Å². The standard InChI is InChI=1S/C22H24F3N7O3/c1-12-5-18-16(11-31(12)22(34)28-14-3-4-17(23)13(6-14)7-26)20-21(33)30(2)35-15(10-32(20)29-18)8-27-9-19(24)25/h3-4,6,12,15,19,27H,5,8-11H2,1-2H3,(H,28,34).